The van der Waals surface area contributed by atoms with Crippen LogP contribution in [0.2, 0.25) is 0 Å². The second-order valence-electron chi connectivity index (χ2n) is 11.8. The van der Waals surface area contributed by atoms with Crippen molar-refractivity contribution in [3.63, 3.8) is 0 Å². The summed E-state index contributed by atoms with van der Waals surface area (Å²) in [5.41, 5.74) is 1.47. The maximum atomic E-state index is 13.0. The van der Waals surface area contributed by atoms with Gasteiger partial charge in [-0.05, 0) is 66.2 Å². The third kappa shape index (κ3) is 3.98. The Balaban J connectivity index is 1.46. The summed E-state index contributed by atoms with van der Waals surface area (Å²) < 4.78 is 12.3. The highest BCUT2D eigenvalue weighted by Crippen LogP contribution is 2.67. The van der Waals surface area contributed by atoms with Gasteiger partial charge in [0.1, 0.15) is 12.2 Å². The first kappa shape index (κ1) is 22.2. The number of rotatable bonds is 4. The Morgan fingerprint density at radius 1 is 0.727 bits per heavy atom. The van der Waals surface area contributed by atoms with Gasteiger partial charge in [-0.3, -0.25) is 0 Å². The van der Waals surface area contributed by atoms with E-state index in [2.05, 4.69) is 27.7 Å². The van der Waals surface area contributed by atoms with Gasteiger partial charge in [-0.1, -0.05) is 64.1 Å². The molecule has 5 rings (SSSR count). The Kier molecular flexibility index (Phi) is 5.38. The van der Waals surface area contributed by atoms with Crippen LogP contribution in [-0.2, 0) is 9.47 Å². The second kappa shape index (κ2) is 8.00. The molecule has 6 atom stereocenters. The number of carbonyl (C=O) groups is 2. The Morgan fingerprint density at radius 3 is 1.73 bits per heavy atom. The molecule has 4 nitrogen and oxygen atoms in total. The Bertz CT molecular complexity index is 1030. The van der Waals surface area contributed by atoms with E-state index in [0.29, 0.717) is 23.0 Å². The molecule has 0 saturated heterocycles. The van der Waals surface area contributed by atoms with E-state index >= 15 is 0 Å². The van der Waals surface area contributed by atoms with Crippen LogP contribution in [0.4, 0.5) is 0 Å². The van der Waals surface area contributed by atoms with E-state index in [1.165, 1.54) is 0 Å². The molecule has 33 heavy (non-hydrogen) atoms. The predicted molar refractivity (Wildman–Crippen MR) is 127 cm³/mol. The van der Waals surface area contributed by atoms with Gasteiger partial charge in [0.25, 0.3) is 0 Å². The summed E-state index contributed by atoms with van der Waals surface area (Å²) in [4.78, 5) is 26.1. The first-order valence-corrected chi connectivity index (χ1v) is 12.2. The van der Waals surface area contributed by atoms with Gasteiger partial charge in [-0.25, -0.2) is 9.59 Å². The fourth-order valence-corrected chi connectivity index (χ4v) is 7.76. The molecular formula is C29H34O4. The standard InChI is InChI=1S/C29H34O4/c1-28(2)16-22-20-15-21(23(22)29(3,4)17-28)25(33-27(31)19-13-9-6-10-14-19)24(20)32-26(30)18-11-7-5-8-12-18/h5-14,20-25H,15-17H2,1-4H3. The molecule has 0 N–H and O–H groups in total. The van der Waals surface area contributed by atoms with Crippen molar-refractivity contribution >= 4 is 11.9 Å². The fraction of sp³-hybridized carbons (Fsp3) is 0.517. The van der Waals surface area contributed by atoms with Crippen LogP contribution in [0.5, 0.6) is 0 Å². The van der Waals surface area contributed by atoms with Crippen LogP contribution in [0.3, 0.4) is 0 Å². The zero-order valence-corrected chi connectivity index (χ0v) is 20.0. The van der Waals surface area contributed by atoms with E-state index < -0.39 is 12.2 Å². The minimum atomic E-state index is -0.405. The molecule has 3 aliphatic carbocycles. The van der Waals surface area contributed by atoms with Crippen LogP contribution in [-0.4, -0.2) is 24.1 Å². The molecule has 0 heterocycles. The van der Waals surface area contributed by atoms with Crippen LogP contribution in [0, 0.1) is 34.5 Å². The van der Waals surface area contributed by atoms with Crippen molar-refractivity contribution in [1.82, 2.24) is 0 Å². The lowest BCUT2D eigenvalue weighted by atomic mass is 9.52. The third-order valence-electron chi connectivity index (χ3n) is 8.31. The lowest BCUT2D eigenvalue weighted by molar-refractivity contribution is -0.127. The van der Waals surface area contributed by atoms with Crippen LogP contribution >= 0.6 is 0 Å². The molecule has 0 aromatic heterocycles. The SMILES string of the molecule is CC1(C)CC2C3CC(C(OC(=O)c4ccccc4)C3OC(=O)c3ccccc3)C2C(C)(C)C1. The summed E-state index contributed by atoms with van der Waals surface area (Å²) in [5, 5.41) is 0. The molecule has 0 aliphatic heterocycles. The van der Waals surface area contributed by atoms with Crippen molar-refractivity contribution in [2.75, 3.05) is 0 Å². The average molecular weight is 447 g/mol. The van der Waals surface area contributed by atoms with E-state index in [1.807, 2.05) is 36.4 Å². The molecule has 2 aromatic rings. The van der Waals surface area contributed by atoms with E-state index in [9.17, 15) is 9.59 Å². The smallest absolute Gasteiger partial charge is 0.338 e. The van der Waals surface area contributed by atoms with Crippen molar-refractivity contribution in [1.29, 1.82) is 0 Å². The summed E-state index contributed by atoms with van der Waals surface area (Å²) in [6.45, 7) is 9.45. The number of fused-ring (bicyclic) bond motifs is 5. The molecular weight excluding hydrogens is 412 g/mol. The van der Waals surface area contributed by atoms with Gasteiger partial charge in [-0.15, -0.1) is 0 Å². The maximum Gasteiger partial charge on any atom is 0.338 e. The topological polar surface area (TPSA) is 52.6 Å². The Morgan fingerprint density at radius 2 is 1.21 bits per heavy atom. The van der Waals surface area contributed by atoms with Gasteiger partial charge in [0, 0.05) is 11.8 Å². The van der Waals surface area contributed by atoms with Gasteiger partial charge in [-0.2, -0.15) is 0 Å². The molecule has 2 aromatic carbocycles. The second-order valence-corrected chi connectivity index (χ2v) is 11.8. The number of carbonyl (C=O) groups excluding carboxylic acids is 2. The highest BCUT2D eigenvalue weighted by atomic mass is 16.6. The van der Waals surface area contributed by atoms with Crippen LogP contribution in [0.25, 0.3) is 0 Å². The van der Waals surface area contributed by atoms with E-state index in [0.717, 1.165) is 19.3 Å². The molecule has 4 heteroatoms. The fourth-order valence-electron chi connectivity index (χ4n) is 7.76. The predicted octanol–water partition coefficient (Wildman–Crippen LogP) is 6.17. The van der Waals surface area contributed by atoms with Gasteiger partial charge in [0.05, 0.1) is 11.1 Å². The van der Waals surface area contributed by atoms with Crippen molar-refractivity contribution in [3.8, 4) is 0 Å². The minimum absolute atomic E-state index is 0.150. The quantitative estimate of drug-likeness (QED) is 0.527. The zero-order chi connectivity index (χ0) is 23.4. The molecule has 3 fully saturated rings. The van der Waals surface area contributed by atoms with Crippen molar-refractivity contribution < 1.29 is 19.1 Å². The molecule has 174 valence electrons. The summed E-state index contributed by atoms with van der Waals surface area (Å²) in [6, 6.07) is 18.2. The highest BCUT2D eigenvalue weighted by molar-refractivity contribution is 5.90. The Hall–Kier alpha value is -2.62. The van der Waals surface area contributed by atoms with Gasteiger partial charge < -0.3 is 9.47 Å². The maximum absolute atomic E-state index is 13.0. The van der Waals surface area contributed by atoms with Gasteiger partial charge >= 0.3 is 11.9 Å². The Labute approximate surface area is 196 Å². The number of benzene rings is 2. The minimum Gasteiger partial charge on any atom is -0.455 e. The molecule has 6 unspecified atom stereocenters. The molecule has 3 saturated carbocycles. The lowest BCUT2D eigenvalue weighted by Gasteiger charge is -2.55. The molecule has 2 bridgehead atoms. The van der Waals surface area contributed by atoms with Crippen LogP contribution in [0.1, 0.15) is 67.7 Å². The summed E-state index contributed by atoms with van der Waals surface area (Å²) in [7, 11) is 0. The number of ether oxygens (including phenoxy) is 2. The van der Waals surface area contributed by atoms with Crippen LogP contribution < -0.4 is 0 Å². The first-order chi connectivity index (χ1) is 15.7. The van der Waals surface area contributed by atoms with Gasteiger partial charge in [0.2, 0.25) is 0 Å². The molecule has 0 amide bonds. The van der Waals surface area contributed by atoms with Crippen molar-refractivity contribution in [3.05, 3.63) is 71.8 Å². The molecule has 0 radical (unpaired) electrons. The summed E-state index contributed by atoms with van der Waals surface area (Å²) >= 11 is 0. The van der Waals surface area contributed by atoms with Crippen molar-refractivity contribution in [2.45, 2.75) is 59.2 Å². The monoisotopic (exact) mass is 446 g/mol. The van der Waals surface area contributed by atoms with E-state index in [-0.39, 0.29) is 34.6 Å². The van der Waals surface area contributed by atoms with E-state index in [4.69, 9.17) is 9.47 Å². The molecule has 3 aliphatic rings. The normalized spacial score (nSPS) is 33.2. The first-order valence-electron chi connectivity index (χ1n) is 12.2. The van der Waals surface area contributed by atoms with E-state index in [1.54, 1.807) is 24.3 Å². The average Bonchev–Trinajstić information content (AvgIpc) is 3.30. The summed E-state index contributed by atoms with van der Waals surface area (Å²) in [6.07, 6.45) is 2.42. The lowest BCUT2D eigenvalue weighted by Crippen LogP contribution is -2.54. The number of hydrogen-bond donors (Lipinski definition) is 0. The highest BCUT2D eigenvalue weighted by Gasteiger charge is 2.66. The third-order valence-corrected chi connectivity index (χ3v) is 8.31. The van der Waals surface area contributed by atoms with Crippen molar-refractivity contribution in [2.24, 2.45) is 34.5 Å². The van der Waals surface area contributed by atoms with Crippen LogP contribution in [0.15, 0.2) is 60.7 Å². The molecule has 0 spiro atoms. The largest absolute Gasteiger partial charge is 0.455 e. The number of hydrogen-bond acceptors (Lipinski definition) is 4. The number of esters is 2. The zero-order valence-electron chi connectivity index (χ0n) is 20.0. The van der Waals surface area contributed by atoms with Gasteiger partial charge in [0.15, 0.2) is 0 Å². The summed E-state index contributed by atoms with van der Waals surface area (Å²) in [5.74, 6) is 0.719.